The fraction of sp³-hybridized carbons (Fsp3) is 0.257. The van der Waals surface area contributed by atoms with Crippen LogP contribution in [0.3, 0.4) is 0 Å². The van der Waals surface area contributed by atoms with Gasteiger partial charge in [-0.3, -0.25) is 10.2 Å². The standard InChI is InChI=1S/C35H34F2N6O5/c1-46-30-9-4-8-24(19-30)32-35(20-25-6-2-3-7-26(25)21-40-43-38,34(45)42-39-22-27-18-28(36)12-15-31(27)37)41-33(48-32)23-10-13-29(14-11-23)47-17-5-16-44/h2-4,6-15,18-19,32,39,44H,5,16-17,20-22H2,1H3,(H,42,45)/t32-,35-/m0/s1. The van der Waals surface area contributed by atoms with Crippen molar-refractivity contribution in [3.8, 4) is 11.5 Å². The van der Waals surface area contributed by atoms with Gasteiger partial charge in [-0.1, -0.05) is 41.5 Å². The van der Waals surface area contributed by atoms with Crippen LogP contribution in [0.4, 0.5) is 8.78 Å². The fourth-order valence-electron chi connectivity index (χ4n) is 5.38. The van der Waals surface area contributed by atoms with Crippen molar-refractivity contribution in [1.29, 1.82) is 0 Å². The number of nitrogens with one attached hydrogen (secondary N) is 2. The van der Waals surface area contributed by atoms with Gasteiger partial charge in [0.1, 0.15) is 23.1 Å². The monoisotopic (exact) mass is 656 g/mol. The summed E-state index contributed by atoms with van der Waals surface area (Å²) in [6, 6.07) is 24.4. The number of nitrogens with zero attached hydrogens (tertiary/aromatic N) is 4. The zero-order chi connectivity index (χ0) is 33.9. The molecule has 0 aromatic heterocycles. The van der Waals surface area contributed by atoms with Gasteiger partial charge < -0.3 is 19.3 Å². The highest BCUT2D eigenvalue weighted by Crippen LogP contribution is 2.43. The number of ether oxygens (including phenoxy) is 3. The second kappa shape index (κ2) is 15.9. The number of carbonyl (C=O) groups excluding carboxylic acids is 1. The lowest BCUT2D eigenvalue weighted by atomic mass is 9.81. The summed E-state index contributed by atoms with van der Waals surface area (Å²) in [7, 11) is 1.53. The summed E-state index contributed by atoms with van der Waals surface area (Å²) in [5.74, 6) is -0.559. The molecule has 1 heterocycles. The van der Waals surface area contributed by atoms with E-state index in [1.165, 1.54) is 7.11 Å². The van der Waals surface area contributed by atoms with Crippen molar-refractivity contribution in [2.24, 2.45) is 10.1 Å². The molecule has 0 fully saturated rings. The van der Waals surface area contributed by atoms with E-state index in [-0.39, 0.29) is 37.6 Å². The molecule has 3 N–H and O–H groups in total. The Morgan fingerprint density at radius 2 is 1.81 bits per heavy atom. The zero-order valence-electron chi connectivity index (χ0n) is 26.1. The number of hydrazine groups is 1. The summed E-state index contributed by atoms with van der Waals surface area (Å²) in [6.07, 6.45) is -0.485. The second-order valence-corrected chi connectivity index (χ2v) is 10.9. The van der Waals surface area contributed by atoms with Crippen LogP contribution < -0.4 is 20.3 Å². The van der Waals surface area contributed by atoms with Crippen LogP contribution in [0.25, 0.3) is 10.4 Å². The molecule has 0 unspecified atom stereocenters. The van der Waals surface area contributed by atoms with E-state index in [4.69, 9.17) is 29.8 Å². The average molecular weight is 657 g/mol. The first-order valence-electron chi connectivity index (χ1n) is 15.2. The SMILES string of the molecule is COc1cccc([C@@H]2OC(c3ccc(OCCCO)cc3)=N[C@]2(Cc2ccccc2CN=[N+]=[N-])C(=O)NNCc2cc(F)ccc2F)c1. The fourth-order valence-corrected chi connectivity index (χ4v) is 5.38. The quantitative estimate of drug-likeness (QED) is 0.0479. The Morgan fingerprint density at radius 3 is 2.56 bits per heavy atom. The normalized spacial score (nSPS) is 16.8. The minimum atomic E-state index is -1.65. The third kappa shape index (κ3) is 7.89. The van der Waals surface area contributed by atoms with Crippen molar-refractivity contribution in [2.45, 2.75) is 37.6 Å². The first kappa shape index (κ1) is 33.9. The second-order valence-electron chi connectivity index (χ2n) is 10.9. The van der Waals surface area contributed by atoms with Crippen molar-refractivity contribution in [2.75, 3.05) is 20.3 Å². The van der Waals surface area contributed by atoms with Crippen LogP contribution in [0.1, 0.15) is 40.3 Å². The number of aliphatic hydroxyl groups is 1. The lowest BCUT2D eigenvalue weighted by Crippen LogP contribution is -2.53. The number of aliphatic hydroxyl groups excluding tert-OH is 1. The van der Waals surface area contributed by atoms with E-state index in [1.807, 2.05) is 12.1 Å². The van der Waals surface area contributed by atoms with Gasteiger partial charge in [0.15, 0.2) is 11.6 Å². The minimum Gasteiger partial charge on any atom is -0.497 e. The number of methoxy groups -OCH3 is 1. The van der Waals surface area contributed by atoms with Crippen LogP contribution in [0.5, 0.6) is 11.5 Å². The molecule has 1 aliphatic heterocycles. The topological polar surface area (TPSA) is 150 Å². The van der Waals surface area contributed by atoms with Gasteiger partial charge in [0.05, 0.1) is 20.3 Å². The Labute approximate surface area is 275 Å². The van der Waals surface area contributed by atoms with E-state index >= 15 is 0 Å². The van der Waals surface area contributed by atoms with E-state index < -0.39 is 29.2 Å². The number of hydrogen-bond acceptors (Lipinski definition) is 8. The molecule has 4 aromatic carbocycles. The predicted octanol–water partition coefficient (Wildman–Crippen LogP) is 5.87. The average Bonchev–Trinajstić information content (AvgIpc) is 3.50. The number of hydrogen-bond donors (Lipinski definition) is 3. The molecule has 0 radical (unpaired) electrons. The summed E-state index contributed by atoms with van der Waals surface area (Å²) < 4.78 is 45.9. The van der Waals surface area contributed by atoms with Gasteiger partial charge in [0, 0.05) is 42.0 Å². The van der Waals surface area contributed by atoms with Gasteiger partial charge in [-0.05, 0) is 76.8 Å². The van der Waals surface area contributed by atoms with Gasteiger partial charge in [0.25, 0.3) is 5.91 Å². The highest BCUT2D eigenvalue weighted by Gasteiger charge is 2.53. The van der Waals surface area contributed by atoms with E-state index in [1.54, 1.807) is 60.7 Å². The first-order valence-corrected chi connectivity index (χ1v) is 15.2. The Morgan fingerprint density at radius 1 is 1.02 bits per heavy atom. The molecule has 0 aliphatic carbocycles. The maximum atomic E-state index is 14.5. The first-order chi connectivity index (χ1) is 23.4. The molecule has 0 saturated carbocycles. The molecule has 248 valence electrons. The molecule has 11 nitrogen and oxygen atoms in total. The van der Waals surface area contributed by atoms with Crippen molar-refractivity contribution in [1.82, 2.24) is 10.9 Å². The van der Waals surface area contributed by atoms with Crippen LogP contribution in [-0.2, 0) is 29.0 Å². The number of carbonyl (C=O) groups is 1. The minimum absolute atomic E-state index is 0.0105. The number of halogens is 2. The van der Waals surface area contributed by atoms with E-state index in [0.29, 0.717) is 46.8 Å². The van der Waals surface area contributed by atoms with Gasteiger partial charge in [0.2, 0.25) is 5.90 Å². The van der Waals surface area contributed by atoms with Crippen molar-refractivity contribution >= 4 is 11.8 Å². The molecule has 4 aromatic rings. The van der Waals surface area contributed by atoms with Gasteiger partial charge in [-0.25, -0.2) is 19.2 Å². The van der Waals surface area contributed by atoms with Crippen LogP contribution >= 0.6 is 0 Å². The number of benzene rings is 4. The van der Waals surface area contributed by atoms with Crippen LogP contribution in [-0.4, -0.2) is 42.8 Å². The summed E-state index contributed by atoms with van der Waals surface area (Å²) >= 11 is 0. The number of amides is 1. The molecule has 48 heavy (non-hydrogen) atoms. The molecule has 13 heteroatoms. The molecular formula is C35H34F2N6O5. The number of rotatable bonds is 15. The van der Waals surface area contributed by atoms with Crippen molar-refractivity contribution < 1.29 is 32.9 Å². The van der Waals surface area contributed by atoms with Gasteiger partial charge >= 0.3 is 0 Å². The smallest absolute Gasteiger partial charge is 0.266 e. The summed E-state index contributed by atoms with van der Waals surface area (Å²) in [5, 5.41) is 12.8. The van der Waals surface area contributed by atoms with Crippen LogP contribution in [0.2, 0.25) is 0 Å². The lowest BCUT2D eigenvalue weighted by Gasteiger charge is -2.31. The summed E-state index contributed by atoms with van der Waals surface area (Å²) in [5.41, 5.74) is 15.3. The molecule has 0 saturated heterocycles. The van der Waals surface area contributed by atoms with E-state index in [2.05, 4.69) is 20.9 Å². The largest absolute Gasteiger partial charge is 0.497 e. The molecule has 0 spiro atoms. The van der Waals surface area contributed by atoms with E-state index in [9.17, 15) is 13.6 Å². The number of aliphatic imine (C=N–C) groups is 1. The Balaban J connectivity index is 1.58. The number of azide groups is 1. The van der Waals surface area contributed by atoms with Gasteiger partial charge in [-0.2, -0.15) is 0 Å². The maximum Gasteiger partial charge on any atom is 0.266 e. The van der Waals surface area contributed by atoms with E-state index in [0.717, 1.165) is 18.2 Å². The predicted molar refractivity (Wildman–Crippen MR) is 174 cm³/mol. The summed E-state index contributed by atoms with van der Waals surface area (Å²) in [6.45, 7) is 0.186. The molecule has 5 rings (SSSR count). The highest BCUT2D eigenvalue weighted by atomic mass is 19.1. The van der Waals surface area contributed by atoms with Crippen LogP contribution in [0.15, 0.2) is 101 Å². The highest BCUT2D eigenvalue weighted by molar-refractivity contribution is 6.01. The van der Waals surface area contributed by atoms with Gasteiger partial charge in [-0.15, -0.1) is 0 Å². The third-order valence-corrected chi connectivity index (χ3v) is 7.80. The molecule has 1 aliphatic rings. The zero-order valence-corrected chi connectivity index (χ0v) is 26.1. The van der Waals surface area contributed by atoms with Crippen molar-refractivity contribution in [3.63, 3.8) is 0 Å². The maximum absolute atomic E-state index is 14.5. The molecule has 0 bridgehead atoms. The lowest BCUT2D eigenvalue weighted by molar-refractivity contribution is -0.130. The van der Waals surface area contributed by atoms with Crippen LogP contribution in [0, 0.1) is 11.6 Å². The Kier molecular flexibility index (Phi) is 11.2. The Bertz CT molecular complexity index is 1820. The summed E-state index contributed by atoms with van der Waals surface area (Å²) in [4.78, 5) is 22.3. The molecule has 1 amide bonds. The molecular weight excluding hydrogens is 622 g/mol. The van der Waals surface area contributed by atoms with Crippen molar-refractivity contribution in [3.05, 3.63) is 141 Å². The third-order valence-electron chi connectivity index (χ3n) is 7.80. The molecule has 2 atom stereocenters. The Hall–Kier alpha value is -5.49.